The van der Waals surface area contributed by atoms with E-state index in [9.17, 15) is 5.11 Å². The van der Waals surface area contributed by atoms with Gasteiger partial charge in [-0.15, -0.1) is 0 Å². The Bertz CT molecular complexity index is 943. The average molecular weight is 421 g/mol. The second-order valence-electron chi connectivity index (χ2n) is 7.02. The van der Waals surface area contributed by atoms with E-state index in [1.165, 1.54) is 0 Å². The first-order chi connectivity index (χ1) is 13.1. The molecule has 0 radical (unpaired) electrons. The van der Waals surface area contributed by atoms with Crippen molar-refractivity contribution in [3.63, 3.8) is 0 Å². The van der Waals surface area contributed by atoms with Gasteiger partial charge in [0.2, 0.25) is 0 Å². The first-order valence-corrected chi connectivity index (χ1v) is 10.1. The molecule has 0 unspecified atom stereocenters. The molecule has 0 amide bonds. The van der Waals surface area contributed by atoms with E-state index in [0.29, 0.717) is 15.6 Å². The van der Waals surface area contributed by atoms with Crippen molar-refractivity contribution in [3.8, 4) is 11.1 Å². The number of aryl methyl sites for hydroxylation is 1. The lowest BCUT2D eigenvalue weighted by Gasteiger charge is -2.28. The molecule has 3 aromatic rings. The highest BCUT2D eigenvalue weighted by molar-refractivity contribution is 6.37. The third-order valence-electron chi connectivity index (χ3n) is 5.17. The van der Waals surface area contributed by atoms with Gasteiger partial charge in [0.1, 0.15) is 5.52 Å². The standard InChI is InChI=1S/C20H22Cl2N4O.CH4/c21-14-5-1-4-13(10-14)15-11-24-20-19(18(15)22)25-12-26(20)9-3-6-16-17(27)7-2-8-23-16;/h1,4-5,10-12,16-17,23,27H,2-3,6-9H2;1H4/t16-,17+;/m1./s1. The summed E-state index contributed by atoms with van der Waals surface area (Å²) < 4.78 is 2.03. The second kappa shape index (κ2) is 9.23. The Balaban J connectivity index is 0.00000225. The van der Waals surface area contributed by atoms with E-state index < -0.39 is 0 Å². The van der Waals surface area contributed by atoms with Crippen molar-refractivity contribution in [1.82, 2.24) is 19.9 Å². The van der Waals surface area contributed by atoms with Crippen molar-refractivity contribution < 1.29 is 5.11 Å². The highest BCUT2D eigenvalue weighted by Crippen LogP contribution is 2.33. The van der Waals surface area contributed by atoms with Gasteiger partial charge in [0.25, 0.3) is 0 Å². The number of hydrogen-bond donors (Lipinski definition) is 2. The van der Waals surface area contributed by atoms with Gasteiger partial charge < -0.3 is 15.0 Å². The minimum absolute atomic E-state index is 0. The highest BCUT2D eigenvalue weighted by atomic mass is 35.5. The Labute approximate surface area is 175 Å². The maximum Gasteiger partial charge on any atom is 0.161 e. The second-order valence-corrected chi connectivity index (χ2v) is 7.83. The number of aliphatic hydroxyl groups is 1. The molecule has 1 saturated heterocycles. The van der Waals surface area contributed by atoms with Gasteiger partial charge in [-0.25, -0.2) is 9.97 Å². The third-order valence-corrected chi connectivity index (χ3v) is 5.79. The molecule has 2 atom stereocenters. The molecule has 0 bridgehead atoms. The summed E-state index contributed by atoms with van der Waals surface area (Å²) in [6.45, 7) is 1.78. The molecule has 1 aliphatic rings. The van der Waals surface area contributed by atoms with E-state index in [-0.39, 0.29) is 19.6 Å². The number of halogens is 2. The molecule has 1 aromatic carbocycles. The van der Waals surface area contributed by atoms with Gasteiger partial charge in [-0.05, 0) is 49.9 Å². The molecule has 150 valence electrons. The van der Waals surface area contributed by atoms with Crippen LogP contribution in [0.25, 0.3) is 22.3 Å². The van der Waals surface area contributed by atoms with E-state index in [2.05, 4.69) is 15.3 Å². The van der Waals surface area contributed by atoms with Crippen LogP contribution in [0.15, 0.2) is 36.8 Å². The lowest BCUT2D eigenvalue weighted by Crippen LogP contribution is -2.44. The van der Waals surface area contributed by atoms with Crippen molar-refractivity contribution in [1.29, 1.82) is 0 Å². The predicted molar refractivity (Wildman–Crippen MR) is 116 cm³/mol. The smallest absolute Gasteiger partial charge is 0.161 e. The molecule has 0 spiro atoms. The number of imidazole rings is 1. The molecule has 4 rings (SSSR count). The van der Waals surface area contributed by atoms with Gasteiger partial charge in [0.05, 0.1) is 17.5 Å². The highest BCUT2D eigenvalue weighted by Gasteiger charge is 2.22. The van der Waals surface area contributed by atoms with Crippen molar-refractivity contribution in [2.45, 2.75) is 51.8 Å². The van der Waals surface area contributed by atoms with Crippen LogP contribution in [0, 0.1) is 0 Å². The zero-order chi connectivity index (χ0) is 18.8. The maximum absolute atomic E-state index is 10.1. The summed E-state index contributed by atoms with van der Waals surface area (Å²) in [4.78, 5) is 9.07. The average Bonchev–Trinajstić information content (AvgIpc) is 3.08. The number of aliphatic hydroxyl groups excluding tert-OH is 1. The molecule has 1 aliphatic heterocycles. The molecule has 3 heterocycles. The summed E-state index contributed by atoms with van der Waals surface area (Å²) in [6.07, 6.45) is 7.11. The Morgan fingerprint density at radius 1 is 1.25 bits per heavy atom. The number of nitrogens with zero attached hydrogens (tertiary/aromatic N) is 3. The topological polar surface area (TPSA) is 63.0 Å². The van der Waals surface area contributed by atoms with Crippen LogP contribution in [0.4, 0.5) is 0 Å². The summed E-state index contributed by atoms with van der Waals surface area (Å²) in [5.74, 6) is 0. The molecule has 2 N–H and O–H groups in total. The van der Waals surface area contributed by atoms with Crippen molar-refractivity contribution >= 4 is 34.4 Å². The van der Waals surface area contributed by atoms with Gasteiger partial charge in [0.15, 0.2) is 5.65 Å². The molecule has 28 heavy (non-hydrogen) atoms. The Kier molecular flexibility index (Phi) is 6.94. The summed E-state index contributed by atoms with van der Waals surface area (Å²) in [5, 5.41) is 14.7. The van der Waals surface area contributed by atoms with Crippen molar-refractivity contribution in [3.05, 3.63) is 46.8 Å². The summed E-state index contributed by atoms with van der Waals surface area (Å²) >= 11 is 12.7. The number of fused-ring (bicyclic) bond motifs is 1. The quantitative estimate of drug-likeness (QED) is 0.613. The van der Waals surface area contributed by atoms with Gasteiger partial charge in [-0.3, -0.25) is 0 Å². The van der Waals surface area contributed by atoms with Crippen LogP contribution in [-0.2, 0) is 6.54 Å². The predicted octanol–water partition coefficient (Wildman–Crippen LogP) is 4.93. The van der Waals surface area contributed by atoms with Crippen LogP contribution in [0.2, 0.25) is 10.0 Å². The number of rotatable bonds is 5. The first-order valence-electron chi connectivity index (χ1n) is 9.30. The van der Waals surface area contributed by atoms with E-state index in [4.69, 9.17) is 23.2 Å². The largest absolute Gasteiger partial charge is 0.392 e. The molecule has 1 fully saturated rings. The lowest BCUT2D eigenvalue weighted by atomic mass is 9.97. The minimum Gasteiger partial charge on any atom is -0.392 e. The van der Waals surface area contributed by atoms with E-state index >= 15 is 0 Å². The minimum atomic E-state index is -0.244. The lowest BCUT2D eigenvalue weighted by molar-refractivity contribution is 0.0909. The molecule has 0 aliphatic carbocycles. The normalized spacial score (nSPS) is 19.5. The number of nitrogens with one attached hydrogen (secondary N) is 1. The molecular formula is C21H26Cl2N4O. The fraction of sp³-hybridized carbons (Fsp3) is 0.429. The van der Waals surface area contributed by atoms with Crippen LogP contribution >= 0.6 is 23.2 Å². The number of piperidine rings is 1. The van der Waals surface area contributed by atoms with E-state index in [1.54, 1.807) is 12.5 Å². The summed E-state index contributed by atoms with van der Waals surface area (Å²) in [5.41, 5.74) is 3.23. The van der Waals surface area contributed by atoms with Gasteiger partial charge >= 0.3 is 0 Å². The Morgan fingerprint density at radius 2 is 2.11 bits per heavy atom. The van der Waals surface area contributed by atoms with Crippen LogP contribution in [0.5, 0.6) is 0 Å². The first kappa shape index (κ1) is 21.1. The molecular weight excluding hydrogens is 395 g/mol. The SMILES string of the molecule is C.O[C@H]1CCCN[C@@H]1CCCn1cnc2c(Cl)c(-c3cccc(Cl)c3)cnc21. The van der Waals surface area contributed by atoms with Crippen molar-refractivity contribution in [2.75, 3.05) is 6.54 Å². The van der Waals surface area contributed by atoms with Crippen molar-refractivity contribution in [2.24, 2.45) is 0 Å². The van der Waals surface area contributed by atoms with Gasteiger partial charge in [-0.1, -0.05) is 42.8 Å². The van der Waals surface area contributed by atoms with Gasteiger partial charge in [0, 0.05) is 29.4 Å². The van der Waals surface area contributed by atoms with Crippen LogP contribution in [0.3, 0.4) is 0 Å². The number of pyridine rings is 1. The van der Waals surface area contributed by atoms with Crippen LogP contribution in [0.1, 0.15) is 33.1 Å². The fourth-order valence-corrected chi connectivity index (χ4v) is 4.19. The van der Waals surface area contributed by atoms with E-state index in [1.807, 2.05) is 28.8 Å². The zero-order valence-corrected chi connectivity index (χ0v) is 16.4. The molecule has 2 aromatic heterocycles. The summed E-state index contributed by atoms with van der Waals surface area (Å²) in [6, 6.07) is 7.73. The van der Waals surface area contributed by atoms with Crippen LogP contribution in [-0.4, -0.2) is 38.3 Å². The van der Waals surface area contributed by atoms with Crippen LogP contribution < -0.4 is 5.32 Å². The number of aromatic nitrogens is 3. The zero-order valence-electron chi connectivity index (χ0n) is 14.9. The Morgan fingerprint density at radius 3 is 2.89 bits per heavy atom. The number of benzene rings is 1. The Hall–Kier alpha value is -1.66. The monoisotopic (exact) mass is 420 g/mol. The number of hydrogen-bond acceptors (Lipinski definition) is 4. The fourth-order valence-electron chi connectivity index (χ4n) is 3.71. The summed E-state index contributed by atoms with van der Waals surface area (Å²) in [7, 11) is 0. The molecule has 7 heteroatoms. The third kappa shape index (κ3) is 4.33. The molecule has 5 nitrogen and oxygen atoms in total. The van der Waals surface area contributed by atoms with Gasteiger partial charge in [-0.2, -0.15) is 0 Å². The molecule has 0 saturated carbocycles. The maximum atomic E-state index is 10.1. The van der Waals surface area contributed by atoms with E-state index in [0.717, 1.165) is 55.5 Å².